The van der Waals surface area contributed by atoms with Crippen LogP contribution in [0.1, 0.15) is 44.6 Å². The van der Waals surface area contributed by atoms with Gasteiger partial charge in [0.2, 0.25) is 0 Å². The van der Waals surface area contributed by atoms with Gasteiger partial charge in [0, 0.05) is 12.6 Å². The minimum absolute atomic E-state index is 0.0856. The van der Waals surface area contributed by atoms with Gasteiger partial charge < -0.3 is 16.3 Å². The molecule has 1 aromatic rings. The van der Waals surface area contributed by atoms with E-state index in [4.69, 9.17) is 10.9 Å². The Morgan fingerprint density at radius 2 is 2.15 bits per heavy atom. The van der Waals surface area contributed by atoms with Crippen LogP contribution in [0.25, 0.3) is 0 Å². The standard InChI is InChI=1S/C16H25N3O/c1-16(2)10-6-9-14(16)18-11-13(15(17)19-20)12-7-4-3-5-8-12/h3-5,7-8,13-14,18,20H,6,9-11H2,1-2H3,(H2,17,19). The molecule has 110 valence electrons. The summed E-state index contributed by atoms with van der Waals surface area (Å²) in [4.78, 5) is 0. The number of hydrogen-bond acceptors (Lipinski definition) is 3. The van der Waals surface area contributed by atoms with E-state index in [2.05, 4.69) is 24.3 Å². The summed E-state index contributed by atoms with van der Waals surface area (Å²) in [6, 6.07) is 10.5. The normalized spacial score (nSPS) is 23.7. The Hall–Kier alpha value is -1.55. The topological polar surface area (TPSA) is 70.6 Å². The Balaban J connectivity index is 2.06. The second-order valence-electron chi connectivity index (χ2n) is 6.33. The number of nitrogens with zero attached hydrogens (tertiary/aromatic N) is 1. The molecule has 0 heterocycles. The molecule has 0 spiro atoms. The van der Waals surface area contributed by atoms with E-state index >= 15 is 0 Å². The second kappa shape index (κ2) is 6.27. The maximum atomic E-state index is 9.00. The Bertz CT molecular complexity index is 456. The van der Waals surface area contributed by atoms with Gasteiger partial charge in [0.25, 0.3) is 0 Å². The number of nitrogens with two attached hydrogens (primary N) is 1. The maximum Gasteiger partial charge on any atom is 0.147 e. The van der Waals surface area contributed by atoms with E-state index in [1.807, 2.05) is 30.3 Å². The van der Waals surface area contributed by atoms with E-state index in [1.54, 1.807) is 0 Å². The van der Waals surface area contributed by atoms with Crippen LogP contribution in [0.4, 0.5) is 0 Å². The summed E-state index contributed by atoms with van der Waals surface area (Å²) in [5, 5.41) is 15.8. The van der Waals surface area contributed by atoms with Crippen LogP contribution >= 0.6 is 0 Å². The first-order chi connectivity index (χ1) is 9.54. The van der Waals surface area contributed by atoms with Gasteiger partial charge in [-0.3, -0.25) is 0 Å². The summed E-state index contributed by atoms with van der Waals surface area (Å²) in [5.41, 5.74) is 7.26. The van der Waals surface area contributed by atoms with Gasteiger partial charge in [-0.15, -0.1) is 0 Å². The predicted molar refractivity (Wildman–Crippen MR) is 82.0 cm³/mol. The van der Waals surface area contributed by atoms with E-state index in [9.17, 15) is 0 Å². The summed E-state index contributed by atoms with van der Waals surface area (Å²) >= 11 is 0. The lowest BCUT2D eigenvalue weighted by molar-refractivity contribution is 0.282. The summed E-state index contributed by atoms with van der Waals surface area (Å²) in [7, 11) is 0. The fraction of sp³-hybridized carbons (Fsp3) is 0.562. The van der Waals surface area contributed by atoms with Crippen LogP contribution in [-0.4, -0.2) is 23.6 Å². The number of benzene rings is 1. The fourth-order valence-corrected chi connectivity index (χ4v) is 3.11. The molecule has 1 aliphatic rings. The van der Waals surface area contributed by atoms with E-state index in [0.717, 1.165) is 5.56 Å². The van der Waals surface area contributed by atoms with Gasteiger partial charge in [-0.2, -0.15) is 0 Å². The van der Waals surface area contributed by atoms with E-state index in [-0.39, 0.29) is 11.8 Å². The lowest BCUT2D eigenvalue weighted by Gasteiger charge is -2.29. The first kappa shape index (κ1) is 14.9. The molecule has 0 radical (unpaired) electrons. The highest BCUT2D eigenvalue weighted by Crippen LogP contribution is 2.37. The summed E-state index contributed by atoms with van der Waals surface area (Å²) in [6.07, 6.45) is 3.72. The van der Waals surface area contributed by atoms with Crippen LogP contribution in [0.3, 0.4) is 0 Å². The van der Waals surface area contributed by atoms with Crippen molar-refractivity contribution in [1.82, 2.24) is 5.32 Å². The average molecular weight is 275 g/mol. The van der Waals surface area contributed by atoms with Crippen molar-refractivity contribution in [3.63, 3.8) is 0 Å². The molecule has 1 aromatic carbocycles. The molecule has 2 rings (SSSR count). The molecular formula is C16H25N3O. The average Bonchev–Trinajstić information content (AvgIpc) is 2.79. The quantitative estimate of drug-likeness (QED) is 0.335. The molecule has 1 aliphatic carbocycles. The van der Waals surface area contributed by atoms with Crippen molar-refractivity contribution in [3.8, 4) is 0 Å². The molecule has 20 heavy (non-hydrogen) atoms. The second-order valence-corrected chi connectivity index (χ2v) is 6.33. The summed E-state index contributed by atoms with van der Waals surface area (Å²) < 4.78 is 0. The van der Waals surface area contributed by atoms with E-state index < -0.39 is 0 Å². The highest BCUT2D eigenvalue weighted by atomic mass is 16.4. The van der Waals surface area contributed by atoms with Crippen LogP contribution in [0.15, 0.2) is 35.5 Å². The fourth-order valence-electron chi connectivity index (χ4n) is 3.11. The Kier molecular flexibility index (Phi) is 4.65. The minimum atomic E-state index is -0.0856. The van der Waals surface area contributed by atoms with E-state index in [0.29, 0.717) is 18.0 Å². The van der Waals surface area contributed by atoms with Crippen LogP contribution in [0, 0.1) is 5.41 Å². The molecule has 4 N–H and O–H groups in total. The summed E-state index contributed by atoms with van der Waals surface area (Å²) in [5.74, 6) is 0.178. The van der Waals surface area contributed by atoms with Gasteiger partial charge in [0.05, 0.1) is 5.92 Å². The number of rotatable bonds is 5. The first-order valence-electron chi connectivity index (χ1n) is 7.30. The molecule has 2 atom stereocenters. The lowest BCUT2D eigenvalue weighted by Crippen LogP contribution is -2.42. The molecule has 1 saturated carbocycles. The van der Waals surface area contributed by atoms with Crippen molar-refractivity contribution < 1.29 is 5.21 Å². The van der Waals surface area contributed by atoms with Gasteiger partial charge >= 0.3 is 0 Å². The third-order valence-corrected chi connectivity index (χ3v) is 4.50. The molecule has 4 nitrogen and oxygen atoms in total. The van der Waals surface area contributed by atoms with Crippen LogP contribution in [0.5, 0.6) is 0 Å². The van der Waals surface area contributed by atoms with Gasteiger partial charge in [0.15, 0.2) is 0 Å². The largest absolute Gasteiger partial charge is 0.409 e. The Labute approximate surface area is 121 Å². The van der Waals surface area contributed by atoms with Crippen molar-refractivity contribution >= 4 is 5.84 Å². The minimum Gasteiger partial charge on any atom is -0.409 e. The van der Waals surface area contributed by atoms with Crippen molar-refractivity contribution in [2.24, 2.45) is 16.3 Å². The van der Waals surface area contributed by atoms with Crippen molar-refractivity contribution in [2.45, 2.75) is 45.1 Å². The summed E-state index contributed by atoms with van der Waals surface area (Å²) in [6.45, 7) is 5.31. The SMILES string of the molecule is CC1(C)CCCC1NCC(C(N)=NO)c1ccccc1. The molecule has 4 heteroatoms. The highest BCUT2D eigenvalue weighted by molar-refractivity contribution is 5.87. The molecule has 2 unspecified atom stereocenters. The maximum absolute atomic E-state index is 9.00. The molecule has 0 saturated heterocycles. The molecule has 0 amide bonds. The zero-order chi connectivity index (χ0) is 14.6. The van der Waals surface area contributed by atoms with Crippen molar-refractivity contribution in [1.29, 1.82) is 0 Å². The number of oxime groups is 1. The third-order valence-electron chi connectivity index (χ3n) is 4.50. The lowest BCUT2D eigenvalue weighted by atomic mass is 9.87. The Morgan fingerprint density at radius 1 is 1.45 bits per heavy atom. The molecule has 1 fully saturated rings. The van der Waals surface area contributed by atoms with Crippen molar-refractivity contribution in [2.75, 3.05) is 6.54 Å². The van der Waals surface area contributed by atoms with E-state index in [1.165, 1.54) is 19.3 Å². The smallest absolute Gasteiger partial charge is 0.147 e. The first-order valence-corrected chi connectivity index (χ1v) is 7.30. The van der Waals surface area contributed by atoms with Gasteiger partial charge in [-0.25, -0.2) is 0 Å². The van der Waals surface area contributed by atoms with Crippen LogP contribution in [-0.2, 0) is 0 Å². The van der Waals surface area contributed by atoms with Gasteiger partial charge in [0.1, 0.15) is 5.84 Å². The van der Waals surface area contributed by atoms with Gasteiger partial charge in [-0.05, 0) is 23.8 Å². The van der Waals surface area contributed by atoms with Crippen LogP contribution in [0.2, 0.25) is 0 Å². The van der Waals surface area contributed by atoms with Gasteiger partial charge in [-0.1, -0.05) is 55.8 Å². The molecular weight excluding hydrogens is 250 g/mol. The zero-order valence-electron chi connectivity index (χ0n) is 12.3. The highest BCUT2D eigenvalue weighted by Gasteiger charge is 2.34. The zero-order valence-corrected chi connectivity index (χ0v) is 12.3. The molecule has 0 aromatic heterocycles. The predicted octanol–water partition coefficient (Wildman–Crippen LogP) is 2.68. The molecule has 0 bridgehead atoms. The van der Waals surface area contributed by atoms with Crippen molar-refractivity contribution in [3.05, 3.63) is 35.9 Å². The van der Waals surface area contributed by atoms with Crippen LogP contribution < -0.4 is 11.1 Å². The number of hydrogen-bond donors (Lipinski definition) is 3. The Morgan fingerprint density at radius 3 is 2.70 bits per heavy atom. The monoisotopic (exact) mass is 275 g/mol. The number of nitrogens with one attached hydrogen (secondary N) is 1. The number of amidine groups is 1. The molecule has 0 aliphatic heterocycles. The third kappa shape index (κ3) is 3.31.